The van der Waals surface area contributed by atoms with E-state index in [0.717, 1.165) is 27.8 Å². The summed E-state index contributed by atoms with van der Waals surface area (Å²) in [4.78, 5) is 17.9. The van der Waals surface area contributed by atoms with E-state index in [4.69, 9.17) is 4.74 Å². The Labute approximate surface area is 178 Å². The number of ether oxygens (including phenoxy) is 1. The fourth-order valence-corrected chi connectivity index (χ4v) is 6.43. The number of benzene rings is 2. The first-order chi connectivity index (χ1) is 14.5. The Morgan fingerprint density at radius 1 is 1.20 bits per heavy atom. The summed E-state index contributed by atoms with van der Waals surface area (Å²) >= 11 is 1.34. The van der Waals surface area contributed by atoms with Crippen LogP contribution in [0.1, 0.15) is 23.4 Å². The maximum Gasteiger partial charge on any atom is 0.255 e. The van der Waals surface area contributed by atoms with Crippen molar-refractivity contribution in [2.75, 3.05) is 18.5 Å². The molecule has 2 aliphatic heterocycles. The van der Waals surface area contributed by atoms with Crippen molar-refractivity contribution in [2.45, 2.75) is 36.8 Å². The Kier molecular flexibility index (Phi) is 5.06. The number of aromatic nitrogens is 1. The second-order valence-corrected chi connectivity index (χ2v) is 10.5. The van der Waals surface area contributed by atoms with Gasteiger partial charge in [-0.05, 0) is 35.7 Å². The largest absolute Gasteiger partial charge is 0.368 e. The number of hydrogen-bond acceptors (Lipinski definition) is 6. The van der Waals surface area contributed by atoms with Crippen LogP contribution in [0.3, 0.4) is 0 Å². The number of thiazole rings is 1. The van der Waals surface area contributed by atoms with Crippen molar-refractivity contribution < 1.29 is 17.9 Å². The number of hydrogen-bond donors (Lipinski definition) is 1. The van der Waals surface area contributed by atoms with E-state index in [2.05, 4.69) is 10.3 Å². The molecule has 0 aliphatic carbocycles. The van der Waals surface area contributed by atoms with Crippen LogP contribution in [0.15, 0.2) is 47.4 Å². The number of fused-ring (bicyclic) bond motifs is 2. The molecule has 30 heavy (non-hydrogen) atoms. The standard InChI is InChI=1S/C21H21N3O4S2/c25-20(18-6-3-11-28-18)23-21-22-17-9-10-24(13-19(17)29-21)30(26,27)16-8-7-14-4-1-2-5-15(14)12-16/h1-2,4-5,7-8,12,18H,3,6,9-11,13H2,(H,22,23,25). The van der Waals surface area contributed by atoms with Crippen LogP contribution in [0.4, 0.5) is 5.13 Å². The first-order valence-corrected chi connectivity index (χ1v) is 12.2. The summed E-state index contributed by atoms with van der Waals surface area (Å²) in [6, 6.07) is 12.9. The summed E-state index contributed by atoms with van der Waals surface area (Å²) in [6.45, 7) is 1.23. The van der Waals surface area contributed by atoms with Crippen LogP contribution in [0.5, 0.6) is 0 Å². The maximum absolute atomic E-state index is 13.2. The van der Waals surface area contributed by atoms with Gasteiger partial charge in [-0.2, -0.15) is 4.31 Å². The number of amides is 1. The molecule has 7 nitrogen and oxygen atoms in total. The molecule has 3 aromatic rings. The van der Waals surface area contributed by atoms with Crippen molar-refractivity contribution >= 4 is 43.2 Å². The smallest absolute Gasteiger partial charge is 0.255 e. The van der Waals surface area contributed by atoms with Gasteiger partial charge in [0.15, 0.2) is 5.13 Å². The predicted molar refractivity (Wildman–Crippen MR) is 115 cm³/mol. The first-order valence-electron chi connectivity index (χ1n) is 9.91. The molecule has 1 unspecified atom stereocenters. The van der Waals surface area contributed by atoms with E-state index in [9.17, 15) is 13.2 Å². The van der Waals surface area contributed by atoms with Gasteiger partial charge in [0.25, 0.3) is 5.91 Å². The molecule has 1 amide bonds. The summed E-state index contributed by atoms with van der Waals surface area (Å²) in [5, 5.41) is 5.23. The molecule has 0 saturated carbocycles. The third-order valence-corrected chi connectivity index (χ3v) is 8.35. The van der Waals surface area contributed by atoms with Crippen LogP contribution in [-0.4, -0.2) is 42.9 Å². The molecule has 9 heteroatoms. The third-order valence-electron chi connectivity index (χ3n) is 5.51. The van der Waals surface area contributed by atoms with E-state index >= 15 is 0 Å². The first kappa shape index (κ1) is 19.6. The van der Waals surface area contributed by atoms with Crippen molar-refractivity contribution in [3.63, 3.8) is 0 Å². The quantitative estimate of drug-likeness (QED) is 0.669. The second-order valence-electron chi connectivity index (χ2n) is 7.48. The number of rotatable bonds is 4. The van der Waals surface area contributed by atoms with Gasteiger partial charge in [-0.3, -0.25) is 10.1 Å². The Morgan fingerprint density at radius 2 is 2.03 bits per heavy atom. The monoisotopic (exact) mass is 443 g/mol. The minimum absolute atomic E-state index is 0.181. The average Bonchev–Trinajstić information content (AvgIpc) is 3.42. The lowest BCUT2D eigenvalue weighted by molar-refractivity contribution is -0.124. The number of anilines is 1. The Hall–Kier alpha value is -2.33. The molecule has 0 spiro atoms. The summed E-state index contributed by atoms with van der Waals surface area (Å²) in [7, 11) is -3.62. The maximum atomic E-state index is 13.2. The molecule has 0 radical (unpaired) electrons. The van der Waals surface area contributed by atoms with E-state index in [1.807, 2.05) is 30.3 Å². The van der Waals surface area contributed by atoms with Crippen LogP contribution < -0.4 is 5.32 Å². The number of sulfonamides is 1. The van der Waals surface area contributed by atoms with Gasteiger partial charge in [-0.1, -0.05) is 30.3 Å². The highest BCUT2D eigenvalue weighted by molar-refractivity contribution is 7.89. The number of carbonyl (C=O) groups excluding carboxylic acids is 1. The molecule has 0 bridgehead atoms. The van der Waals surface area contributed by atoms with Crippen LogP contribution >= 0.6 is 11.3 Å². The lowest BCUT2D eigenvalue weighted by atomic mass is 10.1. The highest BCUT2D eigenvalue weighted by Crippen LogP contribution is 2.32. The zero-order valence-corrected chi connectivity index (χ0v) is 17.8. The third kappa shape index (κ3) is 3.62. The number of nitrogens with zero attached hydrogens (tertiary/aromatic N) is 2. The Bertz CT molecular complexity index is 1220. The van der Waals surface area contributed by atoms with Crippen molar-refractivity contribution in [3.05, 3.63) is 53.0 Å². The van der Waals surface area contributed by atoms with Gasteiger partial charge < -0.3 is 4.74 Å². The molecule has 3 heterocycles. The molecule has 1 fully saturated rings. The summed E-state index contributed by atoms with van der Waals surface area (Å²) in [5.74, 6) is -0.181. The van der Waals surface area contributed by atoms with Crippen molar-refractivity contribution in [1.82, 2.24) is 9.29 Å². The molecule has 1 saturated heterocycles. The van der Waals surface area contributed by atoms with Gasteiger partial charge in [-0.15, -0.1) is 11.3 Å². The Morgan fingerprint density at radius 3 is 2.83 bits per heavy atom. The van der Waals surface area contributed by atoms with Gasteiger partial charge in [0.05, 0.1) is 17.1 Å². The number of nitrogens with one attached hydrogen (secondary N) is 1. The van der Waals surface area contributed by atoms with Crippen molar-refractivity contribution in [3.8, 4) is 0 Å². The van der Waals surface area contributed by atoms with E-state index in [1.165, 1.54) is 15.6 Å². The highest BCUT2D eigenvalue weighted by atomic mass is 32.2. The van der Waals surface area contributed by atoms with Gasteiger partial charge >= 0.3 is 0 Å². The van der Waals surface area contributed by atoms with E-state index < -0.39 is 16.1 Å². The summed E-state index contributed by atoms with van der Waals surface area (Å²) < 4.78 is 33.3. The molecule has 156 valence electrons. The Balaban J connectivity index is 1.35. The van der Waals surface area contributed by atoms with Crippen LogP contribution in [0.25, 0.3) is 10.8 Å². The number of carbonyl (C=O) groups is 1. The molecule has 1 N–H and O–H groups in total. The molecule has 2 aromatic carbocycles. The van der Waals surface area contributed by atoms with Gasteiger partial charge in [-0.25, -0.2) is 13.4 Å². The van der Waals surface area contributed by atoms with E-state index in [1.54, 1.807) is 12.1 Å². The molecule has 5 rings (SSSR count). The molecular formula is C21H21N3O4S2. The fourth-order valence-electron chi connectivity index (χ4n) is 3.88. The zero-order chi connectivity index (χ0) is 20.7. The van der Waals surface area contributed by atoms with Crippen LogP contribution in [0, 0.1) is 0 Å². The zero-order valence-electron chi connectivity index (χ0n) is 16.2. The minimum Gasteiger partial charge on any atom is -0.368 e. The molecule has 1 aromatic heterocycles. The van der Waals surface area contributed by atoms with E-state index in [0.29, 0.717) is 36.0 Å². The molecule has 2 aliphatic rings. The van der Waals surface area contributed by atoms with Gasteiger partial charge in [0, 0.05) is 24.4 Å². The van der Waals surface area contributed by atoms with Crippen molar-refractivity contribution in [2.24, 2.45) is 0 Å². The lowest BCUT2D eigenvalue weighted by Gasteiger charge is -2.25. The lowest BCUT2D eigenvalue weighted by Crippen LogP contribution is -2.35. The molecule has 1 atom stereocenters. The highest BCUT2D eigenvalue weighted by Gasteiger charge is 2.31. The van der Waals surface area contributed by atoms with Gasteiger partial charge in [0.1, 0.15) is 6.10 Å². The molecular weight excluding hydrogens is 422 g/mol. The predicted octanol–water partition coefficient (Wildman–Crippen LogP) is 3.16. The summed E-state index contributed by atoms with van der Waals surface area (Å²) in [5.41, 5.74) is 0.854. The fraction of sp³-hybridized carbons (Fsp3) is 0.333. The average molecular weight is 444 g/mol. The summed E-state index contributed by atoms with van der Waals surface area (Å²) in [6.07, 6.45) is 1.70. The topological polar surface area (TPSA) is 88.6 Å². The van der Waals surface area contributed by atoms with Crippen LogP contribution in [0.2, 0.25) is 0 Å². The minimum atomic E-state index is -3.62. The van der Waals surface area contributed by atoms with Crippen molar-refractivity contribution in [1.29, 1.82) is 0 Å². The SMILES string of the molecule is O=C(Nc1nc2c(s1)CN(S(=O)(=O)c1ccc3ccccc3c1)CC2)C1CCCO1. The van der Waals surface area contributed by atoms with Gasteiger partial charge in [0.2, 0.25) is 10.0 Å². The van der Waals surface area contributed by atoms with Crippen LogP contribution in [-0.2, 0) is 32.5 Å². The normalized spacial score (nSPS) is 19.7. The second kappa shape index (κ2) is 7.73. The van der Waals surface area contributed by atoms with E-state index in [-0.39, 0.29) is 12.5 Å².